The molecule has 1 amide bonds. The highest BCUT2D eigenvalue weighted by molar-refractivity contribution is 8.14. The van der Waals surface area contributed by atoms with Crippen molar-refractivity contribution in [3.8, 4) is 0 Å². The second-order valence-electron chi connectivity index (χ2n) is 6.91. The fourth-order valence-corrected chi connectivity index (χ4v) is 4.61. The molecular formula is C21H19ClN2O6S. The second-order valence-corrected chi connectivity index (χ2v) is 8.62. The number of amides is 1. The van der Waals surface area contributed by atoms with Gasteiger partial charge in [0.25, 0.3) is 5.69 Å². The van der Waals surface area contributed by atoms with E-state index in [-0.39, 0.29) is 23.3 Å². The number of nitro benzene ring substituents is 1. The molecule has 0 radical (unpaired) electrons. The number of hydrogen-bond donors (Lipinski definition) is 0. The number of nitro groups is 1. The molecule has 2 aromatic carbocycles. The summed E-state index contributed by atoms with van der Waals surface area (Å²) in [6.07, 6.45) is 0.433. The molecule has 0 aromatic heterocycles. The van der Waals surface area contributed by atoms with E-state index in [1.54, 1.807) is 0 Å². The second kappa shape index (κ2) is 9.93. The van der Waals surface area contributed by atoms with E-state index in [9.17, 15) is 24.5 Å². The SMILES string of the molecule is CC(=O)SC1C(Cc2ccccc2)C(=O)N1C(Cl)C(=O)OCc1ccc([N+](=O)[O-])cc1. The first kappa shape index (κ1) is 22.8. The fraction of sp³-hybridized carbons (Fsp3) is 0.286. The number of non-ortho nitro benzene ring substituents is 1. The Hall–Kier alpha value is -2.91. The molecule has 1 saturated heterocycles. The number of likely N-dealkylation sites (tertiary alicyclic amines) is 1. The Labute approximate surface area is 187 Å². The summed E-state index contributed by atoms with van der Waals surface area (Å²) in [7, 11) is 0. The summed E-state index contributed by atoms with van der Waals surface area (Å²) in [5.41, 5.74) is 0.0235. The first-order valence-corrected chi connectivity index (χ1v) is 10.7. The molecule has 0 bridgehead atoms. The van der Waals surface area contributed by atoms with Gasteiger partial charge in [-0.3, -0.25) is 19.7 Å². The van der Waals surface area contributed by atoms with Gasteiger partial charge in [0.05, 0.1) is 16.2 Å². The highest BCUT2D eigenvalue weighted by Crippen LogP contribution is 2.40. The van der Waals surface area contributed by atoms with Gasteiger partial charge in [0.2, 0.25) is 11.4 Å². The maximum Gasteiger partial charge on any atom is 0.345 e. The van der Waals surface area contributed by atoms with E-state index in [0.717, 1.165) is 17.3 Å². The summed E-state index contributed by atoms with van der Waals surface area (Å²) in [4.78, 5) is 48.2. The Kier molecular flexibility index (Phi) is 7.29. The minimum absolute atomic E-state index is 0.0787. The molecule has 3 unspecified atom stereocenters. The number of benzene rings is 2. The van der Waals surface area contributed by atoms with Crippen LogP contribution in [-0.4, -0.2) is 37.7 Å². The van der Waals surface area contributed by atoms with Crippen LogP contribution >= 0.6 is 23.4 Å². The number of esters is 1. The largest absolute Gasteiger partial charge is 0.458 e. The topological polar surface area (TPSA) is 107 Å². The summed E-state index contributed by atoms with van der Waals surface area (Å²) >= 11 is 7.18. The molecule has 1 heterocycles. The van der Waals surface area contributed by atoms with E-state index in [4.69, 9.17) is 16.3 Å². The lowest BCUT2D eigenvalue weighted by Gasteiger charge is -2.47. The number of carbonyl (C=O) groups is 3. The maximum atomic E-state index is 12.7. The average molecular weight is 463 g/mol. The highest BCUT2D eigenvalue weighted by atomic mass is 35.5. The zero-order valence-corrected chi connectivity index (χ0v) is 18.0. The summed E-state index contributed by atoms with van der Waals surface area (Å²) in [5.74, 6) is -1.63. The van der Waals surface area contributed by atoms with Crippen LogP contribution in [0.2, 0.25) is 0 Å². The number of nitrogens with zero attached hydrogens (tertiary/aromatic N) is 2. The van der Waals surface area contributed by atoms with E-state index < -0.39 is 27.7 Å². The van der Waals surface area contributed by atoms with Crippen LogP contribution < -0.4 is 0 Å². The van der Waals surface area contributed by atoms with Crippen LogP contribution in [0.1, 0.15) is 18.1 Å². The van der Waals surface area contributed by atoms with Crippen LogP contribution in [-0.2, 0) is 32.1 Å². The smallest absolute Gasteiger partial charge is 0.345 e. The number of carbonyl (C=O) groups excluding carboxylic acids is 3. The molecule has 31 heavy (non-hydrogen) atoms. The van der Waals surface area contributed by atoms with Crippen molar-refractivity contribution >= 4 is 46.0 Å². The van der Waals surface area contributed by atoms with Crippen LogP contribution in [0.15, 0.2) is 54.6 Å². The first-order chi connectivity index (χ1) is 14.8. The predicted octanol–water partition coefficient (Wildman–Crippen LogP) is 3.51. The van der Waals surface area contributed by atoms with Gasteiger partial charge in [-0.05, 0) is 29.7 Å². The summed E-state index contributed by atoms with van der Waals surface area (Å²) in [6, 6.07) is 14.9. The van der Waals surface area contributed by atoms with Crippen LogP contribution in [0.3, 0.4) is 0 Å². The van der Waals surface area contributed by atoms with E-state index in [1.807, 2.05) is 30.3 Å². The molecule has 0 N–H and O–H groups in total. The normalized spacial score (nSPS) is 18.8. The molecule has 3 atom stereocenters. The third-order valence-electron chi connectivity index (χ3n) is 4.74. The minimum Gasteiger partial charge on any atom is -0.458 e. The molecular weight excluding hydrogens is 444 g/mol. The van der Waals surface area contributed by atoms with E-state index in [2.05, 4.69) is 0 Å². The number of rotatable bonds is 8. The van der Waals surface area contributed by atoms with Crippen molar-refractivity contribution in [3.63, 3.8) is 0 Å². The van der Waals surface area contributed by atoms with E-state index in [0.29, 0.717) is 12.0 Å². The molecule has 3 rings (SSSR count). The third-order valence-corrected chi connectivity index (χ3v) is 6.26. The lowest BCUT2D eigenvalue weighted by Crippen LogP contribution is -2.64. The summed E-state index contributed by atoms with van der Waals surface area (Å²) < 4.78 is 5.17. The van der Waals surface area contributed by atoms with Gasteiger partial charge in [0, 0.05) is 19.1 Å². The summed E-state index contributed by atoms with van der Waals surface area (Å²) in [5, 5.41) is 9.94. The first-order valence-electron chi connectivity index (χ1n) is 9.35. The molecule has 1 fully saturated rings. The molecule has 0 aliphatic carbocycles. The van der Waals surface area contributed by atoms with Gasteiger partial charge in [0.15, 0.2) is 5.12 Å². The van der Waals surface area contributed by atoms with Gasteiger partial charge in [0.1, 0.15) is 6.61 Å². The Balaban J connectivity index is 1.63. The third kappa shape index (κ3) is 5.42. The lowest BCUT2D eigenvalue weighted by molar-refractivity contribution is -0.384. The maximum absolute atomic E-state index is 12.7. The van der Waals surface area contributed by atoms with Gasteiger partial charge >= 0.3 is 5.97 Å². The van der Waals surface area contributed by atoms with Crippen LogP contribution in [0.4, 0.5) is 5.69 Å². The zero-order chi connectivity index (χ0) is 22.5. The van der Waals surface area contributed by atoms with E-state index in [1.165, 1.54) is 36.1 Å². The minimum atomic E-state index is -1.38. The number of hydrogen-bond acceptors (Lipinski definition) is 7. The van der Waals surface area contributed by atoms with Crippen LogP contribution in [0.25, 0.3) is 0 Å². The van der Waals surface area contributed by atoms with Gasteiger partial charge in [-0.15, -0.1) is 0 Å². The van der Waals surface area contributed by atoms with Crippen molar-refractivity contribution in [3.05, 3.63) is 75.8 Å². The number of ether oxygens (including phenoxy) is 1. The van der Waals surface area contributed by atoms with Crippen molar-refractivity contribution in [2.24, 2.45) is 5.92 Å². The molecule has 2 aromatic rings. The summed E-state index contributed by atoms with van der Waals surface area (Å²) in [6.45, 7) is 1.24. The molecule has 1 aliphatic rings. The van der Waals surface area contributed by atoms with Crippen molar-refractivity contribution < 1.29 is 24.0 Å². The number of thioether (sulfide) groups is 1. The van der Waals surface area contributed by atoms with Gasteiger partial charge in [-0.2, -0.15) is 0 Å². The average Bonchev–Trinajstić information content (AvgIpc) is 2.76. The number of alkyl halides is 1. The van der Waals surface area contributed by atoms with Crippen LogP contribution in [0, 0.1) is 16.0 Å². The number of halogens is 1. The van der Waals surface area contributed by atoms with Crippen molar-refractivity contribution in [1.82, 2.24) is 4.90 Å². The van der Waals surface area contributed by atoms with Gasteiger partial charge in [-0.25, -0.2) is 4.79 Å². The van der Waals surface area contributed by atoms with Crippen molar-refractivity contribution in [1.29, 1.82) is 0 Å². The highest BCUT2D eigenvalue weighted by Gasteiger charge is 2.52. The Morgan fingerprint density at radius 1 is 1.16 bits per heavy atom. The van der Waals surface area contributed by atoms with Gasteiger partial charge in [-0.1, -0.05) is 53.7 Å². The Morgan fingerprint density at radius 3 is 2.39 bits per heavy atom. The van der Waals surface area contributed by atoms with Crippen molar-refractivity contribution in [2.75, 3.05) is 0 Å². The molecule has 0 saturated carbocycles. The standard InChI is InChI=1S/C21H19ClN2O6S/c1-13(25)31-20-17(11-14-5-3-2-4-6-14)19(26)23(20)18(22)21(27)30-12-15-7-9-16(10-8-15)24(28)29/h2-10,17-18,20H,11-12H2,1H3. The number of β-lactam (4-membered cyclic amide) rings is 1. The lowest BCUT2D eigenvalue weighted by atomic mass is 9.90. The molecule has 1 aliphatic heterocycles. The van der Waals surface area contributed by atoms with Crippen molar-refractivity contribution in [2.45, 2.75) is 30.8 Å². The Morgan fingerprint density at radius 2 is 1.81 bits per heavy atom. The molecule has 8 nitrogen and oxygen atoms in total. The van der Waals surface area contributed by atoms with Crippen LogP contribution in [0.5, 0.6) is 0 Å². The zero-order valence-electron chi connectivity index (χ0n) is 16.5. The fourth-order valence-electron chi connectivity index (χ4n) is 3.21. The monoisotopic (exact) mass is 462 g/mol. The van der Waals surface area contributed by atoms with Gasteiger partial charge < -0.3 is 9.64 Å². The quantitative estimate of drug-likeness (QED) is 0.147. The van der Waals surface area contributed by atoms with E-state index >= 15 is 0 Å². The molecule has 162 valence electrons. The Bertz CT molecular complexity index is 985. The molecule has 0 spiro atoms. The predicted molar refractivity (Wildman–Crippen MR) is 115 cm³/mol. The molecule has 10 heteroatoms.